The number of carbonyl (C=O) groups is 1. The first-order chi connectivity index (χ1) is 12.8. The molecule has 1 atom stereocenters. The van der Waals surface area contributed by atoms with Gasteiger partial charge in [-0.1, -0.05) is 38.1 Å². The molecule has 0 bridgehead atoms. The summed E-state index contributed by atoms with van der Waals surface area (Å²) in [6, 6.07) is 11.9. The number of rotatable bonds is 7. The van der Waals surface area contributed by atoms with Crippen molar-refractivity contribution in [3.05, 3.63) is 69.3 Å². The van der Waals surface area contributed by atoms with Crippen molar-refractivity contribution in [3.63, 3.8) is 0 Å². The summed E-state index contributed by atoms with van der Waals surface area (Å²) in [5.74, 6) is 0.606. The Balaban J connectivity index is 1.99. The fourth-order valence-electron chi connectivity index (χ4n) is 2.33. The van der Waals surface area contributed by atoms with Crippen LogP contribution < -0.4 is 10.2 Å². The summed E-state index contributed by atoms with van der Waals surface area (Å²) in [4.78, 5) is 22.5. The number of amides is 1. The molecule has 142 valence electrons. The Bertz CT molecular complexity index is 862. The van der Waals surface area contributed by atoms with Gasteiger partial charge in [0.15, 0.2) is 6.10 Å². The van der Waals surface area contributed by atoms with E-state index in [2.05, 4.69) is 24.4 Å². The average Bonchev–Trinajstić information content (AvgIpc) is 2.63. The summed E-state index contributed by atoms with van der Waals surface area (Å²) in [7, 11) is 0. The second-order valence-corrected chi connectivity index (χ2v) is 6.53. The molecule has 2 rings (SSSR count). The normalized spacial score (nSPS) is 12.2. The number of nitrogens with zero attached hydrogens (tertiary/aromatic N) is 2. The van der Waals surface area contributed by atoms with E-state index >= 15 is 0 Å². The molecule has 0 heterocycles. The van der Waals surface area contributed by atoms with Crippen LogP contribution >= 0.6 is 0 Å². The Morgan fingerprint density at radius 2 is 1.96 bits per heavy atom. The van der Waals surface area contributed by atoms with Crippen molar-refractivity contribution in [2.75, 3.05) is 0 Å². The highest BCUT2D eigenvalue weighted by Gasteiger charge is 2.16. The molecule has 2 aromatic carbocycles. The van der Waals surface area contributed by atoms with Gasteiger partial charge in [0, 0.05) is 17.7 Å². The van der Waals surface area contributed by atoms with Crippen LogP contribution in [0, 0.1) is 17.0 Å². The molecule has 0 aromatic heterocycles. The number of nitro groups is 1. The minimum atomic E-state index is -0.742. The van der Waals surface area contributed by atoms with Crippen LogP contribution in [0.25, 0.3) is 0 Å². The predicted molar refractivity (Wildman–Crippen MR) is 104 cm³/mol. The van der Waals surface area contributed by atoms with Crippen molar-refractivity contribution in [1.82, 2.24) is 5.43 Å². The molecule has 7 heteroatoms. The van der Waals surface area contributed by atoms with E-state index < -0.39 is 16.9 Å². The maximum Gasteiger partial charge on any atom is 0.280 e. The van der Waals surface area contributed by atoms with Crippen molar-refractivity contribution < 1.29 is 14.5 Å². The summed E-state index contributed by atoms with van der Waals surface area (Å²) in [6.45, 7) is 7.74. The molecular weight excluding hydrogens is 346 g/mol. The van der Waals surface area contributed by atoms with Crippen molar-refractivity contribution >= 4 is 17.8 Å². The summed E-state index contributed by atoms with van der Waals surface area (Å²) in [6.07, 6.45) is 0.607. The van der Waals surface area contributed by atoms with E-state index in [-0.39, 0.29) is 5.69 Å². The largest absolute Gasteiger partial charge is 0.481 e. The Morgan fingerprint density at radius 3 is 2.63 bits per heavy atom. The van der Waals surface area contributed by atoms with Gasteiger partial charge in [0.25, 0.3) is 11.6 Å². The summed E-state index contributed by atoms with van der Waals surface area (Å²) < 4.78 is 5.78. The number of hydrogen-bond acceptors (Lipinski definition) is 5. The number of ether oxygens (including phenoxy) is 1. The number of hydrazone groups is 1. The van der Waals surface area contributed by atoms with Crippen LogP contribution in [-0.4, -0.2) is 23.1 Å². The first-order valence-corrected chi connectivity index (χ1v) is 8.62. The van der Waals surface area contributed by atoms with Gasteiger partial charge in [0.1, 0.15) is 5.75 Å². The number of aryl methyl sites for hydroxylation is 1. The minimum absolute atomic E-state index is 0.0394. The van der Waals surface area contributed by atoms with Crippen LogP contribution in [0.4, 0.5) is 5.69 Å². The summed E-state index contributed by atoms with van der Waals surface area (Å²) in [5.41, 5.74) is 4.94. The lowest BCUT2D eigenvalue weighted by Crippen LogP contribution is -2.33. The van der Waals surface area contributed by atoms with Crippen LogP contribution in [0.15, 0.2) is 47.6 Å². The average molecular weight is 369 g/mol. The molecule has 0 unspecified atom stereocenters. The van der Waals surface area contributed by atoms with Gasteiger partial charge in [-0.2, -0.15) is 5.10 Å². The third-order valence-electron chi connectivity index (χ3n) is 4.02. The van der Waals surface area contributed by atoms with Crippen LogP contribution in [0.3, 0.4) is 0 Å². The maximum atomic E-state index is 12.2. The topological polar surface area (TPSA) is 93.8 Å². The van der Waals surface area contributed by atoms with Crippen molar-refractivity contribution in [2.24, 2.45) is 5.10 Å². The number of hydrogen-bond donors (Lipinski definition) is 1. The zero-order valence-electron chi connectivity index (χ0n) is 15.8. The van der Waals surface area contributed by atoms with E-state index in [1.165, 1.54) is 18.3 Å². The third-order valence-corrected chi connectivity index (χ3v) is 4.02. The standard InChI is InChI=1S/C20H23N3O4/c1-13(2)17-9-8-14(3)19(11-17)27-15(4)20(24)22-21-12-16-6-5-7-18(10-16)23(25)26/h5-13,15H,1-4H3,(H,22,24)/t15-/m0/s1. The highest BCUT2D eigenvalue weighted by atomic mass is 16.6. The molecule has 0 spiro atoms. The van der Waals surface area contributed by atoms with E-state index in [0.717, 1.165) is 11.1 Å². The molecule has 0 aliphatic carbocycles. The third kappa shape index (κ3) is 5.64. The van der Waals surface area contributed by atoms with Gasteiger partial charge < -0.3 is 4.74 Å². The van der Waals surface area contributed by atoms with Gasteiger partial charge in [-0.05, 0) is 37.0 Å². The molecule has 0 radical (unpaired) electrons. The molecule has 0 aliphatic rings. The van der Waals surface area contributed by atoms with Gasteiger partial charge in [0.05, 0.1) is 11.1 Å². The molecule has 0 aliphatic heterocycles. The van der Waals surface area contributed by atoms with Crippen molar-refractivity contribution in [2.45, 2.75) is 39.7 Å². The number of nitro benzene ring substituents is 1. The van der Waals surface area contributed by atoms with Gasteiger partial charge in [0.2, 0.25) is 0 Å². The van der Waals surface area contributed by atoms with Crippen LogP contribution in [0.5, 0.6) is 5.75 Å². The van der Waals surface area contributed by atoms with Crippen molar-refractivity contribution in [1.29, 1.82) is 0 Å². The zero-order chi connectivity index (χ0) is 20.0. The highest BCUT2D eigenvalue weighted by Crippen LogP contribution is 2.25. The Labute approximate surface area is 158 Å². The van der Waals surface area contributed by atoms with Gasteiger partial charge in [-0.25, -0.2) is 5.43 Å². The molecule has 0 fully saturated rings. The lowest BCUT2D eigenvalue weighted by Gasteiger charge is -2.16. The zero-order valence-corrected chi connectivity index (χ0v) is 15.8. The molecule has 0 saturated heterocycles. The maximum absolute atomic E-state index is 12.2. The first-order valence-electron chi connectivity index (χ1n) is 8.62. The summed E-state index contributed by atoms with van der Waals surface area (Å²) in [5, 5.41) is 14.6. The molecule has 1 N–H and O–H groups in total. The fraction of sp³-hybridized carbons (Fsp3) is 0.300. The molecule has 7 nitrogen and oxygen atoms in total. The summed E-state index contributed by atoms with van der Waals surface area (Å²) >= 11 is 0. The fourth-order valence-corrected chi connectivity index (χ4v) is 2.33. The molecule has 2 aromatic rings. The van der Waals surface area contributed by atoms with Crippen molar-refractivity contribution in [3.8, 4) is 5.75 Å². The molecule has 0 saturated carbocycles. The minimum Gasteiger partial charge on any atom is -0.481 e. The van der Waals surface area contributed by atoms with E-state index in [0.29, 0.717) is 17.2 Å². The lowest BCUT2D eigenvalue weighted by molar-refractivity contribution is -0.384. The Hall–Kier alpha value is -3.22. The number of nitrogens with one attached hydrogen (secondary N) is 1. The first kappa shape index (κ1) is 20.1. The molecule has 1 amide bonds. The number of non-ortho nitro benzene ring substituents is 1. The van der Waals surface area contributed by atoms with Crippen LogP contribution in [0.1, 0.15) is 43.4 Å². The Kier molecular flexibility index (Phi) is 6.65. The number of benzene rings is 2. The molecular formula is C20H23N3O4. The van der Waals surface area contributed by atoms with Gasteiger partial charge >= 0.3 is 0 Å². The van der Waals surface area contributed by atoms with Gasteiger partial charge in [-0.3, -0.25) is 14.9 Å². The van der Waals surface area contributed by atoms with Crippen LogP contribution in [0.2, 0.25) is 0 Å². The van der Waals surface area contributed by atoms with E-state index in [1.54, 1.807) is 19.1 Å². The quantitative estimate of drug-likeness (QED) is 0.454. The molecule has 27 heavy (non-hydrogen) atoms. The second-order valence-electron chi connectivity index (χ2n) is 6.53. The van der Waals surface area contributed by atoms with E-state index in [4.69, 9.17) is 4.74 Å². The SMILES string of the molecule is Cc1ccc(C(C)C)cc1O[C@@H](C)C(=O)NN=Cc1cccc([N+](=O)[O-])c1. The predicted octanol–water partition coefficient (Wildman–Crippen LogP) is 3.94. The van der Waals surface area contributed by atoms with E-state index in [9.17, 15) is 14.9 Å². The highest BCUT2D eigenvalue weighted by molar-refractivity contribution is 5.84. The van der Waals surface area contributed by atoms with Gasteiger partial charge in [-0.15, -0.1) is 0 Å². The lowest BCUT2D eigenvalue weighted by atomic mass is 10.0. The second kappa shape index (κ2) is 8.93. The van der Waals surface area contributed by atoms with E-state index in [1.807, 2.05) is 25.1 Å². The monoisotopic (exact) mass is 369 g/mol. The van der Waals surface area contributed by atoms with Crippen LogP contribution in [-0.2, 0) is 4.79 Å². The number of carbonyl (C=O) groups excluding carboxylic acids is 1. The smallest absolute Gasteiger partial charge is 0.280 e. The Morgan fingerprint density at radius 1 is 1.22 bits per heavy atom.